The molecule has 1 aliphatic rings. The van der Waals surface area contributed by atoms with Crippen molar-refractivity contribution in [2.45, 2.75) is 19.5 Å². The number of rotatable bonds is 3. The lowest BCUT2D eigenvalue weighted by Gasteiger charge is -2.26. The summed E-state index contributed by atoms with van der Waals surface area (Å²) < 4.78 is 0. The molecule has 0 amide bonds. The Labute approximate surface area is 67.9 Å². The summed E-state index contributed by atoms with van der Waals surface area (Å²) in [4.78, 5) is 4.37. The number of hydrogen-bond acceptors (Lipinski definition) is 3. The van der Waals surface area contributed by atoms with Crippen molar-refractivity contribution in [2.24, 2.45) is 0 Å². The summed E-state index contributed by atoms with van der Waals surface area (Å²) >= 11 is 0. The van der Waals surface area contributed by atoms with E-state index in [0.29, 0.717) is 6.17 Å². The molecule has 64 valence electrons. The van der Waals surface area contributed by atoms with Crippen molar-refractivity contribution in [1.82, 2.24) is 9.80 Å². The van der Waals surface area contributed by atoms with Gasteiger partial charge in [-0.25, -0.2) is 0 Å². The smallest absolute Gasteiger partial charge is 0.0974 e. The van der Waals surface area contributed by atoms with Gasteiger partial charge in [0.2, 0.25) is 0 Å². The lowest BCUT2D eigenvalue weighted by Crippen LogP contribution is -2.34. The van der Waals surface area contributed by atoms with Crippen LogP contribution in [0.25, 0.3) is 0 Å². The average Bonchev–Trinajstić information content (AvgIpc) is 2.31. The Morgan fingerprint density at radius 1 is 1.45 bits per heavy atom. The monoisotopic (exact) mass is 156 g/mol. The van der Waals surface area contributed by atoms with Crippen molar-refractivity contribution in [1.29, 1.82) is 0 Å². The molecule has 0 aromatic heterocycles. The molecular formula is C8H16N2O. The molecule has 3 heteroatoms. The van der Waals surface area contributed by atoms with Crippen molar-refractivity contribution < 1.29 is 5.11 Å². The quantitative estimate of drug-likeness (QED) is 0.642. The molecule has 0 saturated carbocycles. The first kappa shape index (κ1) is 8.40. The van der Waals surface area contributed by atoms with Crippen LogP contribution in [0.15, 0.2) is 12.4 Å². The summed E-state index contributed by atoms with van der Waals surface area (Å²) in [5.41, 5.74) is 0. The van der Waals surface area contributed by atoms with Gasteiger partial charge in [-0.2, -0.15) is 0 Å². The highest BCUT2D eigenvalue weighted by Gasteiger charge is 2.16. The van der Waals surface area contributed by atoms with E-state index in [1.165, 1.54) is 0 Å². The zero-order valence-corrected chi connectivity index (χ0v) is 7.20. The van der Waals surface area contributed by atoms with Gasteiger partial charge in [0, 0.05) is 32.6 Å². The van der Waals surface area contributed by atoms with E-state index in [0.717, 1.165) is 13.0 Å². The second-order valence-corrected chi connectivity index (χ2v) is 2.91. The van der Waals surface area contributed by atoms with Gasteiger partial charge >= 0.3 is 0 Å². The molecule has 0 bridgehead atoms. The minimum absolute atomic E-state index is 0.279. The third kappa shape index (κ3) is 1.87. The van der Waals surface area contributed by atoms with E-state index >= 15 is 0 Å². The topological polar surface area (TPSA) is 26.7 Å². The van der Waals surface area contributed by atoms with E-state index in [4.69, 9.17) is 5.11 Å². The van der Waals surface area contributed by atoms with Crippen LogP contribution >= 0.6 is 0 Å². The minimum atomic E-state index is 0.279. The van der Waals surface area contributed by atoms with Crippen LogP contribution in [0.5, 0.6) is 0 Å². The van der Waals surface area contributed by atoms with Crippen LogP contribution in [0.4, 0.5) is 0 Å². The first-order chi connectivity index (χ1) is 5.25. The fourth-order valence-electron chi connectivity index (χ4n) is 1.19. The van der Waals surface area contributed by atoms with E-state index in [9.17, 15) is 0 Å². The van der Waals surface area contributed by atoms with Gasteiger partial charge in [0.25, 0.3) is 0 Å². The maximum absolute atomic E-state index is 8.61. The van der Waals surface area contributed by atoms with Gasteiger partial charge in [-0.3, -0.25) is 0 Å². The molecule has 11 heavy (non-hydrogen) atoms. The summed E-state index contributed by atoms with van der Waals surface area (Å²) in [6.07, 6.45) is 5.42. The number of hydrogen-bond donors (Lipinski definition) is 1. The summed E-state index contributed by atoms with van der Waals surface area (Å²) in [5.74, 6) is 0. The molecule has 1 N–H and O–H groups in total. The SMILES string of the molecule is CC1N(C)C=CN1CCCO. The highest BCUT2D eigenvalue weighted by Crippen LogP contribution is 2.12. The maximum Gasteiger partial charge on any atom is 0.0974 e. The molecule has 1 heterocycles. The Morgan fingerprint density at radius 3 is 2.64 bits per heavy atom. The zero-order valence-electron chi connectivity index (χ0n) is 7.20. The van der Waals surface area contributed by atoms with Crippen molar-refractivity contribution >= 4 is 0 Å². The highest BCUT2D eigenvalue weighted by atomic mass is 16.3. The minimum Gasteiger partial charge on any atom is -0.396 e. The van der Waals surface area contributed by atoms with E-state index < -0.39 is 0 Å². The molecule has 1 unspecified atom stereocenters. The Bertz CT molecular complexity index is 147. The number of aliphatic hydroxyl groups excluding tert-OH is 1. The average molecular weight is 156 g/mol. The van der Waals surface area contributed by atoms with Gasteiger partial charge in [0.1, 0.15) is 0 Å². The molecule has 1 aliphatic heterocycles. The standard InChI is InChI=1S/C8H16N2O/c1-8-9(2)5-6-10(8)4-3-7-11/h5-6,8,11H,3-4,7H2,1-2H3. The van der Waals surface area contributed by atoms with Crippen molar-refractivity contribution in [3.8, 4) is 0 Å². The van der Waals surface area contributed by atoms with E-state index in [1.54, 1.807) is 0 Å². The molecular weight excluding hydrogens is 140 g/mol. The largest absolute Gasteiger partial charge is 0.396 e. The number of aliphatic hydroxyl groups is 1. The van der Waals surface area contributed by atoms with Gasteiger partial charge in [0.05, 0.1) is 6.17 Å². The third-order valence-electron chi connectivity index (χ3n) is 2.14. The first-order valence-electron chi connectivity index (χ1n) is 4.02. The van der Waals surface area contributed by atoms with Crippen LogP contribution in [0.2, 0.25) is 0 Å². The summed E-state index contributed by atoms with van der Waals surface area (Å²) in [7, 11) is 2.06. The Balaban J connectivity index is 2.31. The Hall–Kier alpha value is -0.700. The van der Waals surface area contributed by atoms with Crippen LogP contribution in [0, 0.1) is 0 Å². The summed E-state index contributed by atoms with van der Waals surface area (Å²) in [5, 5.41) is 8.61. The molecule has 0 aliphatic carbocycles. The van der Waals surface area contributed by atoms with Gasteiger partial charge in [0.15, 0.2) is 0 Å². The molecule has 1 atom stereocenters. The van der Waals surface area contributed by atoms with Gasteiger partial charge in [-0.05, 0) is 13.3 Å². The predicted octanol–water partition coefficient (Wildman–Crippen LogP) is 0.433. The summed E-state index contributed by atoms with van der Waals surface area (Å²) in [6.45, 7) is 3.37. The van der Waals surface area contributed by atoms with Gasteiger partial charge in [-0.15, -0.1) is 0 Å². The summed E-state index contributed by atoms with van der Waals surface area (Å²) in [6, 6.07) is 0. The first-order valence-corrected chi connectivity index (χ1v) is 4.02. The molecule has 3 nitrogen and oxygen atoms in total. The normalized spacial score (nSPS) is 23.4. The second kappa shape index (κ2) is 3.62. The van der Waals surface area contributed by atoms with E-state index in [1.807, 2.05) is 0 Å². The molecule has 0 fully saturated rings. The van der Waals surface area contributed by atoms with Gasteiger partial charge in [-0.1, -0.05) is 0 Å². The van der Waals surface area contributed by atoms with Crippen LogP contribution in [0.3, 0.4) is 0 Å². The van der Waals surface area contributed by atoms with Crippen molar-refractivity contribution in [3.05, 3.63) is 12.4 Å². The molecule has 0 radical (unpaired) electrons. The molecule has 0 aromatic rings. The fraction of sp³-hybridized carbons (Fsp3) is 0.750. The lowest BCUT2D eigenvalue weighted by molar-refractivity contribution is 0.178. The number of nitrogens with zero attached hydrogens (tertiary/aromatic N) is 2. The fourth-order valence-corrected chi connectivity index (χ4v) is 1.19. The third-order valence-corrected chi connectivity index (χ3v) is 2.14. The van der Waals surface area contributed by atoms with Crippen LogP contribution in [-0.4, -0.2) is 41.3 Å². The van der Waals surface area contributed by atoms with Crippen LogP contribution in [-0.2, 0) is 0 Å². The second-order valence-electron chi connectivity index (χ2n) is 2.91. The van der Waals surface area contributed by atoms with Gasteiger partial charge < -0.3 is 14.9 Å². The molecule has 0 spiro atoms. The van der Waals surface area contributed by atoms with Crippen molar-refractivity contribution in [3.63, 3.8) is 0 Å². The Kier molecular flexibility index (Phi) is 2.76. The van der Waals surface area contributed by atoms with Crippen LogP contribution < -0.4 is 0 Å². The highest BCUT2D eigenvalue weighted by molar-refractivity contribution is 4.93. The Morgan fingerprint density at radius 2 is 2.18 bits per heavy atom. The molecule has 0 saturated heterocycles. The van der Waals surface area contributed by atoms with E-state index in [-0.39, 0.29) is 6.61 Å². The molecule has 1 rings (SSSR count). The van der Waals surface area contributed by atoms with Crippen LogP contribution in [0.1, 0.15) is 13.3 Å². The predicted molar refractivity (Wildman–Crippen MR) is 44.8 cm³/mol. The zero-order chi connectivity index (χ0) is 8.27. The van der Waals surface area contributed by atoms with E-state index in [2.05, 4.69) is 36.2 Å². The molecule has 0 aromatic carbocycles. The lowest BCUT2D eigenvalue weighted by atomic mass is 10.4. The maximum atomic E-state index is 8.61. The van der Waals surface area contributed by atoms with Crippen molar-refractivity contribution in [2.75, 3.05) is 20.2 Å².